The molecule has 6 heterocycles. The summed E-state index contributed by atoms with van der Waals surface area (Å²) in [6.07, 6.45) is 14.3. The number of aromatic nitrogens is 8. The number of nitrogens with zero attached hydrogens (tertiary/aromatic N) is 6. The predicted octanol–water partition coefficient (Wildman–Crippen LogP) is 7.51. The van der Waals surface area contributed by atoms with Crippen LogP contribution in [0.1, 0.15) is 39.5 Å². The third-order valence-electron chi connectivity index (χ3n) is 10.3. The Hall–Kier alpha value is -8.78. The summed E-state index contributed by atoms with van der Waals surface area (Å²) >= 11 is 0. The van der Waals surface area contributed by atoms with Gasteiger partial charge in [-0.05, 0) is 109 Å². The second kappa shape index (κ2) is 18.2. The summed E-state index contributed by atoms with van der Waals surface area (Å²) in [7, 11) is 0. The average molecular weight is 835 g/mol. The van der Waals surface area contributed by atoms with Crippen molar-refractivity contribution >= 4 is 33.6 Å². The van der Waals surface area contributed by atoms with E-state index in [1.54, 1.807) is 52.4 Å². The number of rotatable bonds is 10. The quantitative estimate of drug-likeness (QED) is 0.111. The van der Waals surface area contributed by atoms with Crippen LogP contribution in [0, 0.1) is 0 Å². The lowest BCUT2D eigenvalue weighted by atomic mass is 10.1. The first-order valence-corrected chi connectivity index (χ1v) is 19.7. The van der Waals surface area contributed by atoms with Gasteiger partial charge in [-0.25, -0.2) is 9.97 Å². The molecule has 14 heteroatoms. The van der Waals surface area contributed by atoms with E-state index >= 15 is 0 Å². The molecule has 6 aromatic heterocycles. The molecule has 0 aliphatic carbocycles. The lowest BCUT2D eigenvalue weighted by Crippen LogP contribution is -2.22. The predicted molar refractivity (Wildman–Crippen MR) is 244 cm³/mol. The minimum Gasteiger partial charge on any atom is -0.361 e. The van der Waals surface area contributed by atoms with Crippen molar-refractivity contribution in [2.45, 2.75) is 20.5 Å². The number of aromatic amines is 2. The largest absolute Gasteiger partial charge is 0.361 e. The van der Waals surface area contributed by atoms with Gasteiger partial charge >= 0.3 is 0 Å². The van der Waals surface area contributed by atoms with Gasteiger partial charge in [0.25, 0.3) is 22.9 Å². The summed E-state index contributed by atoms with van der Waals surface area (Å²) in [5, 5.41) is 7.88. The Balaban J connectivity index is 0.000000170. The second-order valence-corrected chi connectivity index (χ2v) is 14.3. The molecule has 0 radical (unpaired) electrons. The summed E-state index contributed by atoms with van der Waals surface area (Å²) in [5.74, 6) is -0.293. The van der Waals surface area contributed by atoms with Crippen molar-refractivity contribution in [1.29, 1.82) is 0 Å². The Morgan fingerprint density at radius 3 is 1.52 bits per heavy atom. The van der Waals surface area contributed by atoms with Crippen molar-refractivity contribution in [3.8, 4) is 22.7 Å². The van der Waals surface area contributed by atoms with E-state index in [9.17, 15) is 19.2 Å². The number of hydrogen-bond acceptors (Lipinski definition) is 6. The summed E-state index contributed by atoms with van der Waals surface area (Å²) in [6.45, 7) is 0.653. The van der Waals surface area contributed by atoms with Crippen molar-refractivity contribution in [3.05, 3.63) is 227 Å². The molecule has 0 spiro atoms. The number of pyridine rings is 2. The number of fused-ring (bicyclic) bond motifs is 2. The summed E-state index contributed by atoms with van der Waals surface area (Å²) in [6, 6.07) is 40.4. The van der Waals surface area contributed by atoms with Crippen LogP contribution < -0.4 is 21.8 Å². The van der Waals surface area contributed by atoms with Crippen LogP contribution in [0.25, 0.3) is 44.6 Å². The van der Waals surface area contributed by atoms with Gasteiger partial charge in [0.05, 0.1) is 37.1 Å². The molecule has 0 fully saturated rings. The molecule has 0 saturated carbocycles. The first kappa shape index (κ1) is 41.0. The van der Waals surface area contributed by atoms with Gasteiger partial charge in [0.1, 0.15) is 0 Å². The highest BCUT2D eigenvalue weighted by molar-refractivity contribution is 5.98. The van der Waals surface area contributed by atoms with E-state index in [0.29, 0.717) is 24.2 Å². The highest BCUT2D eigenvalue weighted by Crippen LogP contribution is 2.17. The maximum Gasteiger partial charge on any atom is 0.255 e. The van der Waals surface area contributed by atoms with Crippen LogP contribution in [0.4, 0.5) is 0 Å². The molecule has 312 valence electrons. The number of imidazole rings is 2. The van der Waals surface area contributed by atoms with Gasteiger partial charge in [0.15, 0.2) is 0 Å². The molecule has 63 heavy (non-hydrogen) atoms. The maximum atomic E-state index is 12.5. The Bertz CT molecular complexity index is 3070. The fraction of sp³-hybridized carbons (Fsp3) is 0.0612. The zero-order chi connectivity index (χ0) is 42.4. The number of nitrogens with one attached hydrogen (secondary N) is 4. The third kappa shape index (κ3) is 9.20. The Labute approximate surface area is 360 Å². The Morgan fingerprint density at radius 2 is 0.984 bits per heavy atom. The summed E-state index contributed by atoms with van der Waals surface area (Å²) in [4.78, 5) is 63.9. The van der Waals surface area contributed by atoms with Gasteiger partial charge in [0.2, 0.25) is 0 Å². The average Bonchev–Trinajstić information content (AvgIpc) is 4.16. The topological polar surface area (TPSA) is 169 Å². The molecular weight excluding hydrogens is 793 g/mol. The van der Waals surface area contributed by atoms with E-state index in [0.717, 1.165) is 55.9 Å². The van der Waals surface area contributed by atoms with Gasteiger partial charge in [-0.3, -0.25) is 28.3 Å². The summed E-state index contributed by atoms with van der Waals surface area (Å²) < 4.78 is 6.93. The number of carbonyl (C=O) groups excluding carboxylic acids is 2. The first-order chi connectivity index (χ1) is 30.3. The number of amides is 2. The molecule has 0 aliphatic heterocycles. The summed E-state index contributed by atoms with van der Waals surface area (Å²) in [5.41, 5.74) is 7.89. The minimum atomic E-state index is -0.149. The van der Waals surface area contributed by atoms with E-state index in [-0.39, 0.29) is 30.4 Å². The molecule has 0 bridgehead atoms. The monoisotopic (exact) mass is 834 g/mol. The van der Waals surface area contributed by atoms with Gasteiger partial charge < -0.3 is 29.7 Å². The van der Waals surface area contributed by atoms with Gasteiger partial charge in [-0.2, -0.15) is 0 Å². The van der Waals surface area contributed by atoms with Crippen molar-refractivity contribution in [2.75, 3.05) is 0 Å². The molecule has 2 amide bonds. The van der Waals surface area contributed by atoms with Crippen LogP contribution in [0.2, 0.25) is 0 Å². The molecule has 0 saturated heterocycles. The van der Waals surface area contributed by atoms with E-state index in [1.807, 2.05) is 137 Å². The molecule has 0 unspecified atom stereocenters. The standard InChI is InChI=1S/2C24H19N5O2.CH4/c30-23-3-1-2-12-29(23)21-7-5-20(6-8-21)28-15-19(27-16-28)14-26-24(31)18-4-9-22-17(13-18)10-11-25-22;30-23-3-1-2-12-29(23)21-8-6-20(7-9-21)28-15-19(27-16-28)14-26-24(31)18-5-4-17-10-11-25-22(17)13-18;/h2*1-13,15-16,25H,14H2,(H,26,31);1H4. The molecule has 10 aromatic rings. The number of benzene rings is 4. The molecule has 0 atom stereocenters. The van der Waals surface area contributed by atoms with Crippen molar-refractivity contribution < 1.29 is 9.59 Å². The van der Waals surface area contributed by atoms with Gasteiger partial charge in [-0.15, -0.1) is 0 Å². The molecule has 0 aliphatic rings. The van der Waals surface area contributed by atoms with Crippen molar-refractivity contribution in [3.63, 3.8) is 0 Å². The molecule has 10 rings (SSSR count). The lowest BCUT2D eigenvalue weighted by Gasteiger charge is -2.07. The maximum absolute atomic E-state index is 12.5. The van der Waals surface area contributed by atoms with Crippen LogP contribution >= 0.6 is 0 Å². The zero-order valence-corrected chi connectivity index (χ0v) is 33.1. The number of carbonyl (C=O) groups is 2. The highest BCUT2D eigenvalue weighted by Gasteiger charge is 2.11. The SMILES string of the molecule is C.O=C(NCc1cn(-c2ccc(-n3ccccc3=O)cc2)cn1)c1ccc2[nH]ccc2c1.O=C(NCc1cn(-c2ccc(-n3ccccc3=O)cc2)cn1)c1ccc2cc[nH]c2c1. The van der Waals surface area contributed by atoms with Crippen molar-refractivity contribution in [1.82, 2.24) is 48.8 Å². The second-order valence-electron chi connectivity index (χ2n) is 14.3. The van der Waals surface area contributed by atoms with Gasteiger partial charge in [-0.1, -0.05) is 25.6 Å². The molecule has 4 N–H and O–H groups in total. The van der Waals surface area contributed by atoms with E-state index in [4.69, 9.17) is 0 Å². The normalized spacial score (nSPS) is 10.8. The van der Waals surface area contributed by atoms with Crippen LogP contribution in [-0.2, 0) is 13.1 Å². The number of H-pyrrole nitrogens is 2. The van der Waals surface area contributed by atoms with Crippen LogP contribution in [-0.4, -0.2) is 50.0 Å². The Morgan fingerprint density at radius 1 is 0.508 bits per heavy atom. The number of hydrogen-bond donors (Lipinski definition) is 4. The zero-order valence-electron chi connectivity index (χ0n) is 33.1. The third-order valence-corrected chi connectivity index (χ3v) is 10.3. The van der Waals surface area contributed by atoms with E-state index < -0.39 is 0 Å². The van der Waals surface area contributed by atoms with Crippen LogP contribution in [0.5, 0.6) is 0 Å². The van der Waals surface area contributed by atoms with E-state index in [1.165, 1.54) is 12.1 Å². The van der Waals surface area contributed by atoms with Crippen molar-refractivity contribution in [2.24, 2.45) is 0 Å². The van der Waals surface area contributed by atoms with Crippen LogP contribution in [0.3, 0.4) is 0 Å². The lowest BCUT2D eigenvalue weighted by molar-refractivity contribution is 0.0942. The molecular formula is C49H42N10O4. The van der Waals surface area contributed by atoms with Crippen LogP contribution in [0.15, 0.2) is 193 Å². The Kier molecular flexibility index (Phi) is 11.9. The van der Waals surface area contributed by atoms with Gasteiger partial charge in [0, 0.05) is 99.6 Å². The smallest absolute Gasteiger partial charge is 0.255 e. The highest BCUT2D eigenvalue weighted by atomic mass is 16.2. The molecule has 14 nitrogen and oxygen atoms in total. The van der Waals surface area contributed by atoms with E-state index in [2.05, 4.69) is 30.6 Å². The minimum absolute atomic E-state index is 0. The fourth-order valence-electron chi connectivity index (χ4n) is 6.97. The molecule has 4 aromatic carbocycles. The first-order valence-electron chi connectivity index (χ1n) is 19.7. The fourth-order valence-corrected chi connectivity index (χ4v) is 6.97.